The molecular weight excluding hydrogens is 332 g/mol. The second-order valence-electron chi connectivity index (χ2n) is 6.03. The predicted molar refractivity (Wildman–Crippen MR) is 95.4 cm³/mol. The van der Waals surface area contributed by atoms with Crippen LogP contribution in [-0.2, 0) is 9.59 Å². The van der Waals surface area contributed by atoms with Gasteiger partial charge in [-0.15, -0.1) is 11.8 Å². The van der Waals surface area contributed by atoms with Gasteiger partial charge < -0.3 is 10.2 Å². The Morgan fingerprint density at radius 2 is 2.13 bits per heavy atom. The highest BCUT2D eigenvalue weighted by molar-refractivity contribution is 8.00. The number of thioether (sulfide) groups is 1. The van der Waals surface area contributed by atoms with E-state index >= 15 is 0 Å². The standard InChI is InChI=1S/C17H23ClN2O2S/c1-4-19-16(22)14(9-11(2)3)20-15(21)10-23-17(20)12-7-5-6-8-13(12)18/h5-8,11,14,17H,4,9-10H2,1-3H3,(H,19,22)/t14-,17-/m0/s1. The fraction of sp³-hybridized carbons (Fsp3) is 0.529. The average Bonchev–Trinajstić information content (AvgIpc) is 2.87. The smallest absolute Gasteiger partial charge is 0.242 e. The van der Waals surface area contributed by atoms with Crippen molar-refractivity contribution in [3.8, 4) is 0 Å². The minimum atomic E-state index is -0.460. The largest absolute Gasteiger partial charge is 0.355 e. The Morgan fingerprint density at radius 1 is 1.43 bits per heavy atom. The van der Waals surface area contributed by atoms with E-state index in [4.69, 9.17) is 11.6 Å². The molecule has 0 aromatic heterocycles. The molecule has 1 aliphatic rings. The van der Waals surface area contributed by atoms with Crippen molar-refractivity contribution in [1.29, 1.82) is 0 Å². The van der Waals surface area contributed by atoms with Gasteiger partial charge >= 0.3 is 0 Å². The zero-order valence-corrected chi connectivity index (χ0v) is 15.3. The number of carbonyl (C=O) groups excluding carboxylic acids is 2. The van der Waals surface area contributed by atoms with Crippen molar-refractivity contribution in [2.24, 2.45) is 5.92 Å². The van der Waals surface area contributed by atoms with E-state index in [0.717, 1.165) is 5.56 Å². The lowest BCUT2D eigenvalue weighted by Crippen LogP contribution is -2.49. The van der Waals surface area contributed by atoms with E-state index in [1.165, 1.54) is 11.8 Å². The van der Waals surface area contributed by atoms with Crippen molar-refractivity contribution in [3.63, 3.8) is 0 Å². The summed E-state index contributed by atoms with van der Waals surface area (Å²) < 4.78 is 0. The molecule has 1 aromatic rings. The van der Waals surface area contributed by atoms with Gasteiger partial charge in [-0.1, -0.05) is 43.6 Å². The Labute approximate surface area is 146 Å². The van der Waals surface area contributed by atoms with Crippen LogP contribution in [0.4, 0.5) is 0 Å². The summed E-state index contributed by atoms with van der Waals surface area (Å²) in [6.07, 6.45) is 0.638. The molecule has 1 fully saturated rings. The summed E-state index contributed by atoms with van der Waals surface area (Å²) in [4.78, 5) is 26.7. The molecule has 0 saturated carbocycles. The lowest BCUT2D eigenvalue weighted by atomic mass is 10.0. The normalized spacial score (nSPS) is 19.3. The Hall–Kier alpha value is -1.20. The lowest BCUT2D eigenvalue weighted by Gasteiger charge is -2.33. The minimum Gasteiger partial charge on any atom is -0.355 e. The van der Waals surface area contributed by atoms with E-state index in [9.17, 15) is 9.59 Å². The van der Waals surface area contributed by atoms with Crippen LogP contribution in [0.3, 0.4) is 0 Å². The fourth-order valence-electron chi connectivity index (χ4n) is 2.77. The lowest BCUT2D eigenvalue weighted by molar-refractivity contribution is -0.139. The third-order valence-corrected chi connectivity index (χ3v) is 5.32. The number of nitrogens with zero attached hydrogens (tertiary/aromatic N) is 1. The molecule has 2 amide bonds. The van der Waals surface area contributed by atoms with E-state index < -0.39 is 6.04 Å². The van der Waals surface area contributed by atoms with Crippen LogP contribution < -0.4 is 5.32 Å². The molecule has 1 saturated heterocycles. The van der Waals surface area contributed by atoms with E-state index in [-0.39, 0.29) is 17.2 Å². The molecule has 2 atom stereocenters. The molecule has 1 aromatic carbocycles. The number of amides is 2. The highest BCUT2D eigenvalue weighted by Gasteiger charge is 2.41. The van der Waals surface area contributed by atoms with Crippen molar-refractivity contribution in [2.45, 2.75) is 38.6 Å². The van der Waals surface area contributed by atoms with Crippen LogP contribution in [0, 0.1) is 5.92 Å². The van der Waals surface area contributed by atoms with Crippen LogP contribution in [0.5, 0.6) is 0 Å². The number of halogens is 1. The Morgan fingerprint density at radius 3 is 2.74 bits per heavy atom. The third kappa shape index (κ3) is 4.21. The molecule has 0 spiro atoms. The topological polar surface area (TPSA) is 49.4 Å². The van der Waals surface area contributed by atoms with Gasteiger partial charge in [0, 0.05) is 17.1 Å². The molecule has 1 heterocycles. The summed E-state index contributed by atoms with van der Waals surface area (Å²) in [5, 5.41) is 3.28. The number of rotatable bonds is 6. The predicted octanol–water partition coefficient (Wildman–Crippen LogP) is 3.46. The first-order chi connectivity index (χ1) is 11.0. The van der Waals surface area contributed by atoms with Crippen molar-refractivity contribution >= 4 is 35.2 Å². The van der Waals surface area contributed by atoms with Crippen LogP contribution >= 0.6 is 23.4 Å². The highest BCUT2D eigenvalue weighted by atomic mass is 35.5. The van der Waals surface area contributed by atoms with Crippen LogP contribution in [-0.4, -0.2) is 35.1 Å². The van der Waals surface area contributed by atoms with Crippen LogP contribution in [0.2, 0.25) is 5.02 Å². The SMILES string of the molecule is CCNC(=O)[C@H](CC(C)C)N1C(=O)CS[C@H]1c1ccccc1Cl. The van der Waals surface area contributed by atoms with Crippen molar-refractivity contribution < 1.29 is 9.59 Å². The molecule has 0 radical (unpaired) electrons. The number of nitrogens with one attached hydrogen (secondary N) is 1. The fourth-order valence-corrected chi connectivity index (χ4v) is 4.34. The van der Waals surface area contributed by atoms with Gasteiger partial charge in [0.2, 0.25) is 11.8 Å². The molecule has 2 rings (SSSR count). The molecule has 126 valence electrons. The van der Waals surface area contributed by atoms with Crippen LogP contribution in [0.1, 0.15) is 38.1 Å². The summed E-state index contributed by atoms with van der Waals surface area (Å²) in [6.45, 7) is 6.56. The monoisotopic (exact) mass is 354 g/mol. The second-order valence-corrected chi connectivity index (χ2v) is 7.50. The van der Waals surface area contributed by atoms with Gasteiger partial charge in [0.15, 0.2) is 0 Å². The number of benzene rings is 1. The summed E-state index contributed by atoms with van der Waals surface area (Å²) in [5.41, 5.74) is 0.892. The maximum atomic E-state index is 12.5. The Kier molecular flexibility index (Phi) is 6.36. The zero-order valence-electron chi connectivity index (χ0n) is 13.7. The maximum Gasteiger partial charge on any atom is 0.242 e. The average molecular weight is 355 g/mol. The van der Waals surface area contributed by atoms with E-state index in [2.05, 4.69) is 19.2 Å². The van der Waals surface area contributed by atoms with Gasteiger partial charge in [-0.05, 0) is 25.3 Å². The van der Waals surface area contributed by atoms with E-state index in [1.54, 1.807) is 4.90 Å². The Bertz CT molecular complexity index is 579. The molecular formula is C17H23ClN2O2S. The first-order valence-electron chi connectivity index (χ1n) is 7.90. The first-order valence-corrected chi connectivity index (χ1v) is 9.33. The third-order valence-electron chi connectivity index (χ3n) is 3.76. The first kappa shape index (κ1) is 18.1. The van der Waals surface area contributed by atoms with Gasteiger partial charge in [-0.25, -0.2) is 0 Å². The van der Waals surface area contributed by atoms with Gasteiger partial charge in [0.05, 0.1) is 5.75 Å². The number of carbonyl (C=O) groups is 2. The van der Waals surface area contributed by atoms with Crippen LogP contribution in [0.15, 0.2) is 24.3 Å². The summed E-state index contributed by atoms with van der Waals surface area (Å²) >= 11 is 7.85. The highest BCUT2D eigenvalue weighted by Crippen LogP contribution is 2.43. The molecule has 0 unspecified atom stereocenters. The number of likely N-dealkylation sites (N-methyl/N-ethyl adjacent to an activating group) is 1. The van der Waals surface area contributed by atoms with E-state index in [1.807, 2.05) is 31.2 Å². The molecule has 1 aliphatic heterocycles. The van der Waals surface area contributed by atoms with Gasteiger partial charge in [0.1, 0.15) is 11.4 Å². The molecule has 0 aliphatic carbocycles. The molecule has 1 N–H and O–H groups in total. The van der Waals surface area contributed by atoms with Crippen molar-refractivity contribution in [2.75, 3.05) is 12.3 Å². The van der Waals surface area contributed by atoms with Gasteiger partial charge in [-0.3, -0.25) is 9.59 Å². The molecule has 0 bridgehead atoms. The molecule has 6 heteroatoms. The summed E-state index contributed by atoms with van der Waals surface area (Å²) in [5.74, 6) is 0.600. The zero-order chi connectivity index (χ0) is 17.0. The minimum absolute atomic E-state index is 0.00294. The van der Waals surface area contributed by atoms with E-state index in [0.29, 0.717) is 29.7 Å². The number of hydrogen-bond acceptors (Lipinski definition) is 3. The van der Waals surface area contributed by atoms with Crippen molar-refractivity contribution in [3.05, 3.63) is 34.9 Å². The number of hydrogen-bond donors (Lipinski definition) is 1. The Balaban J connectivity index is 2.35. The van der Waals surface area contributed by atoms with Crippen molar-refractivity contribution in [1.82, 2.24) is 10.2 Å². The van der Waals surface area contributed by atoms with Crippen LogP contribution in [0.25, 0.3) is 0 Å². The summed E-state index contributed by atoms with van der Waals surface area (Å²) in [7, 11) is 0. The maximum absolute atomic E-state index is 12.5. The summed E-state index contributed by atoms with van der Waals surface area (Å²) in [6, 6.07) is 7.07. The quantitative estimate of drug-likeness (QED) is 0.851. The van der Waals surface area contributed by atoms with Gasteiger partial charge in [-0.2, -0.15) is 0 Å². The van der Waals surface area contributed by atoms with Gasteiger partial charge in [0.25, 0.3) is 0 Å². The second kappa shape index (κ2) is 8.06. The molecule has 23 heavy (non-hydrogen) atoms. The molecule has 4 nitrogen and oxygen atoms in total.